The molecule has 4 atom stereocenters. The largest absolute Gasteiger partial charge is 0.480 e. The molecule has 110 valence electrons. The molecular formula is C16H29NO2. The Hall–Kier alpha value is -0.570. The van der Waals surface area contributed by atoms with E-state index in [1.54, 1.807) is 0 Å². The van der Waals surface area contributed by atoms with Gasteiger partial charge in [0, 0.05) is 6.04 Å². The first-order chi connectivity index (χ1) is 9.03. The Morgan fingerprint density at radius 2 is 2.05 bits per heavy atom. The fourth-order valence-corrected chi connectivity index (χ4v) is 4.40. The van der Waals surface area contributed by atoms with Crippen LogP contribution in [0.15, 0.2) is 0 Å². The van der Waals surface area contributed by atoms with Gasteiger partial charge in [-0.25, -0.2) is 0 Å². The van der Waals surface area contributed by atoms with E-state index in [-0.39, 0.29) is 0 Å². The van der Waals surface area contributed by atoms with E-state index in [0.29, 0.717) is 12.0 Å². The maximum absolute atomic E-state index is 11.9. The van der Waals surface area contributed by atoms with Gasteiger partial charge in [0.2, 0.25) is 0 Å². The molecule has 1 aliphatic heterocycles. The number of carbonyl (C=O) groups is 1. The van der Waals surface area contributed by atoms with Gasteiger partial charge in [-0.3, -0.25) is 9.69 Å². The average molecular weight is 267 g/mol. The van der Waals surface area contributed by atoms with Gasteiger partial charge in [0.15, 0.2) is 0 Å². The SMILES string of the molecule is CCCC1(C(=O)O)CCCN1C1CCCC(C)C1C. The zero-order chi connectivity index (χ0) is 14.0. The molecule has 1 aliphatic carbocycles. The Kier molecular flexibility index (Phi) is 4.54. The number of hydrogen-bond donors (Lipinski definition) is 1. The molecule has 2 aliphatic rings. The van der Waals surface area contributed by atoms with Gasteiger partial charge in [-0.1, -0.05) is 40.0 Å². The molecule has 0 aromatic carbocycles. The van der Waals surface area contributed by atoms with E-state index in [1.165, 1.54) is 19.3 Å². The number of carboxylic acid groups (broad SMARTS) is 1. The zero-order valence-corrected chi connectivity index (χ0v) is 12.7. The summed E-state index contributed by atoms with van der Waals surface area (Å²) in [6.45, 7) is 7.74. The van der Waals surface area contributed by atoms with E-state index in [1.807, 2.05) is 0 Å². The van der Waals surface area contributed by atoms with Crippen LogP contribution in [0.3, 0.4) is 0 Å². The minimum absolute atomic E-state index is 0.480. The van der Waals surface area contributed by atoms with Crippen molar-refractivity contribution >= 4 is 5.97 Å². The second-order valence-corrected chi connectivity index (χ2v) is 6.72. The molecule has 0 amide bonds. The molecular weight excluding hydrogens is 238 g/mol. The lowest BCUT2D eigenvalue weighted by Crippen LogP contribution is -2.57. The summed E-state index contributed by atoms with van der Waals surface area (Å²) < 4.78 is 0. The van der Waals surface area contributed by atoms with Gasteiger partial charge in [-0.2, -0.15) is 0 Å². The summed E-state index contributed by atoms with van der Waals surface area (Å²) in [4.78, 5) is 14.3. The summed E-state index contributed by atoms with van der Waals surface area (Å²) in [6.07, 6.45) is 7.40. The third-order valence-electron chi connectivity index (χ3n) is 5.67. The summed E-state index contributed by atoms with van der Waals surface area (Å²) in [7, 11) is 0. The number of hydrogen-bond acceptors (Lipinski definition) is 2. The van der Waals surface area contributed by atoms with Crippen molar-refractivity contribution in [2.24, 2.45) is 11.8 Å². The third kappa shape index (κ3) is 2.54. The van der Waals surface area contributed by atoms with Crippen LogP contribution in [0.4, 0.5) is 0 Å². The van der Waals surface area contributed by atoms with Crippen molar-refractivity contribution in [2.45, 2.75) is 77.3 Å². The predicted octanol–water partition coefficient (Wildman–Crippen LogP) is 3.53. The Labute approximate surface area is 117 Å². The summed E-state index contributed by atoms with van der Waals surface area (Å²) in [5.41, 5.74) is -0.565. The molecule has 19 heavy (non-hydrogen) atoms. The highest BCUT2D eigenvalue weighted by atomic mass is 16.4. The van der Waals surface area contributed by atoms with Gasteiger partial charge in [0.05, 0.1) is 0 Å². The third-order valence-corrected chi connectivity index (χ3v) is 5.67. The van der Waals surface area contributed by atoms with Crippen molar-refractivity contribution < 1.29 is 9.90 Å². The summed E-state index contributed by atoms with van der Waals surface area (Å²) in [5, 5.41) is 9.81. The van der Waals surface area contributed by atoms with E-state index in [9.17, 15) is 9.90 Å². The highest BCUT2D eigenvalue weighted by Gasteiger charge is 2.51. The normalized spacial score (nSPS) is 40.5. The molecule has 0 radical (unpaired) electrons. The van der Waals surface area contributed by atoms with Gasteiger partial charge < -0.3 is 5.11 Å². The number of likely N-dealkylation sites (tertiary alicyclic amines) is 1. The Morgan fingerprint density at radius 1 is 1.32 bits per heavy atom. The maximum atomic E-state index is 11.9. The Morgan fingerprint density at radius 3 is 2.68 bits per heavy atom. The van der Waals surface area contributed by atoms with E-state index >= 15 is 0 Å². The molecule has 2 fully saturated rings. The van der Waals surface area contributed by atoms with Crippen LogP contribution in [0.25, 0.3) is 0 Å². The number of carboxylic acids is 1. The van der Waals surface area contributed by atoms with Gasteiger partial charge in [0.1, 0.15) is 5.54 Å². The zero-order valence-electron chi connectivity index (χ0n) is 12.7. The van der Waals surface area contributed by atoms with Crippen molar-refractivity contribution in [3.05, 3.63) is 0 Å². The van der Waals surface area contributed by atoms with Crippen molar-refractivity contribution in [1.82, 2.24) is 4.90 Å². The number of rotatable bonds is 4. The summed E-state index contributed by atoms with van der Waals surface area (Å²) >= 11 is 0. The Balaban J connectivity index is 2.23. The minimum atomic E-state index is -0.586. The van der Waals surface area contributed by atoms with E-state index < -0.39 is 11.5 Å². The second kappa shape index (κ2) is 5.82. The fourth-order valence-electron chi connectivity index (χ4n) is 4.40. The molecule has 1 heterocycles. The van der Waals surface area contributed by atoms with Crippen molar-refractivity contribution in [3.63, 3.8) is 0 Å². The average Bonchev–Trinajstić information content (AvgIpc) is 2.78. The highest BCUT2D eigenvalue weighted by Crippen LogP contribution is 2.42. The lowest BCUT2D eigenvalue weighted by atomic mass is 9.75. The molecule has 3 heteroatoms. The number of aliphatic carboxylic acids is 1. The van der Waals surface area contributed by atoms with E-state index in [0.717, 1.165) is 38.1 Å². The number of nitrogens with zero attached hydrogens (tertiary/aromatic N) is 1. The first kappa shape index (κ1) is 14.8. The fraction of sp³-hybridized carbons (Fsp3) is 0.938. The standard InChI is InChI=1S/C16H29NO2/c1-4-9-16(15(18)19)10-6-11-17(16)14-8-5-7-12(2)13(14)3/h12-14H,4-11H2,1-3H3,(H,18,19). The first-order valence-electron chi connectivity index (χ1n) is 8.03. The van der Waals surface area contributed by atoms with Crippen LogP contribution in [0.2, 0.25) is 0 Å². The molecule has 1 saturated heterocycles. The molecule has 1 N–H and O–H groups in total. The quantitative estimate of drug-likeness (QED) is 0.847. The smallest absolute Gasteiger partial charge is 0.324 e. The molecule has 0 aromatic heterocycles. The van der Waals surface area contributed by atoms with Crippen LogP contribution in [-0.4, -0.2) is 34.1 Å². The topological polar surface area (TPSA) is 40.5 Å². The van der Waals surface area contributed by atoms with E-state index in [2.05, 4.69) is 25.7 Å². The molecule has 2 rings (SSSR count). The predicted molar refractivity (Wildman–Crippen MR) is 77.2 cm³/mol. The van der Waals surface area contributed by atoms with Crippen LogP contribution >= 0.6 is 0 Å². The van der Waals surface area contributed by atoms with E-state index in [4.69, 9.17) is 0 Å². The van der Waals surface area contributed by atoms with Gasteiger partial charge in [0.25, 0.3) is 0 Å². The highest BCUT2D eigenvalue weighted by molar-refractivity contribution is 5.79. The summed E-state index contributed by atoms with van der Waals surface area (Å²) in [6, 6.07) is 0.480. The van der Waals surface area contributed by atoms with Crippen molar-refractivity contribution in [2.75, 3.05) is 6.54 Å². The van der Waals surface area contributed by atoms with Gasteiger partial charge in [-0.15, -0.1) is 0 Å². The molecule has 1 saturated carbocycles. The molecule has 4 unspecified atom stereocenters. The van der Waals surface area contributed by atoms with Crippen molar-refractivity contribution in [3.8, 4) is 0 Å². The molecule has 0 spiro atoms. The van der Waals surface area contributed by atoms with Crippen LogP contribution in [-0.2, 0) is 4.79 Å². The monoisotopic (exact) mass is 267 g/mol. The maximum Gasteiger partial charge on any atom is 0.324 e. The van der Waals surface area contributed by atoms with Crippen LogP contribution < -0.4 is 0 Å². The first-order valence-corrected chi connectivity index (χ1v) is 8.03. The molecule has 0 aromatic rings. The second-order valence-electron chi connectivity index (χ2n) is 6.72. The lowest BCUT2D eigenvalue weighted by molar-refractivity contribution is -0.153. The summed E-state index contributed by atoms with van der Waals surface area (Å²) in [5.74, 6) is 0.771. The minimum Gasteiger partial charge on any atom is -0.480 e. The van der Waals surface area contributed by atoms with Crippen molar-refractivity contribution in [1.29, 1.82) is 0 Å². The Bertz CT molecular complexity index is 331. The van der Waals surface area contributed by atoms with Crippen LogP contribution in [0, 0.1) is 11.8 Å². The van der Waals surface area contributed by atoms with Gasteiger partial charge in [-0.05, 0) is 44.1 Å². The lowest BCUT2D eigenvalue weighted by Gasteiger charge is -2.46. The molecule has 0 bridgehead atoms. The van der Waals surface area contributed by atoms with Crippen LogP contribution in [0.1, 0.15) is 65.7 Å². The molecule has 3 nitrogen and oxygen atoms in total. The van der Waals surface area contributed by atoms with Gasteiger partial charge >= 0.3 is 5.97 Å². The van der Waals surface area contributed by atoms with Crippen LogP contribution in [0.5, 0.6) is 0 Å².